The Labute approximate surface area is 364 Å². The van der Waals surface area contributed by atoms with E-state index in [9.17, 15) is 24.0 Å². The molecule has 1 atom stereocenters. The molecule has 0 radical (unpaired) electrons. The van der Waals surface area contributed by atoms with Crippen LogP contribution < -0.4 is 5.32 Å². The molecule has 60 heavy (non-hydrogen) atoms. The molecule has 0 aromatic heterocycles. The normalized spacial score (nSPS) is 15.9. The number of halogens is 1. The van der Waals surface area contributed by atoms with Gasteiger partial charge in [-0.1, -0.05) is 36.2 Å². The van der Waals surface area contributed by atoms with Gasteiger partial charge in [-0.15, -0.1) is 0 Å². The monoisotopic (exact) mass is 868 g/mol. The Morgan fingerprint density at radius 1 is 0.633 bits per heavy atom. The number of hydrogen-bond donors (Lipinski definition) is 1. The van der Waals surface area contributed by atoms with E-state index in [4.69, 9.17) is 35.3 Å². The number of amides is 1. The van der Waals surface area contributed by atoms with Gasteiger partial charge in [-0.2, -0.15) is 0 Å². The predicted octanol–water partition coefficient (Wildman–Crippen LogP) is 5.69. The maximum Gasteiger partial charge on any atom is 0.407 e. The van der Waals surface area contributed by atoms with Gasteiger partial charge in [0, 0.05) is 69.0 Å². The van der Waals surface area contributed by atoms with Crippen molar-refractivity contribution in [2.75, 3.05) is 78.5 Å². The van der Waals surface area contributed by atoms with Crippen molar-refractivity contribution in [3.05, 3.63) is 34.9 Å². The lowest BCUT2D eigenvalue weighted by Crippen LogP contribution is -2.51. The van der Waals surface area contributed by atoms with Crippen molar-refractivity contribution < 1.29 is 47.7 Å². The van der Waals surface area contributed by atoms with Gasteiger partial charge in [0.1, 0.15) is 29.0 Å². The number of benzene rings is 1. The quantitative estimate of drug-likeness (QED) is 0.109. The van der Waals surface area contributed by atoms with Gasteiger partial charge in [0.25, 0.3) is 0 Å². The molecule has 1 saturated heterocycles. The number of ether oxygens (including phenoxy) is 5. The lowest BCUT2D eigenvalue weighted by Gasteiger charge is -2.36. The van der Waals surface area contributed by atoms with Crippen LogP contribution in [0.1, 0.15) is 108 Å². The summed E-state index contributed by atoms with van der Waals surface area (Å²) in [6, 6.07) is 6.82. The molecule has 15 nitrogen and oxygen atoms in total. The second-order valence-electron chi connectivity index (χ2n) is 19.3. The number of nitrogens with one attached hydrogen (secondary N) is 1. The standard InChI is InChI=1S/C44H74ClN5O10/c1-41(2,3)57-36(51)28-48-23-21-47(22-24-49(26-25-48)29-37(52)58-42(4,5)6)27-34(18-15-16-20-46-40(55)56-32-33-17-13-14-19-35(33)45)50(30-38(53)59-43(7,8)9)31-39(54)60-44(10,11)12/h13-14,17,19,34H,15-16,18,20-32H2,1-12H3,(H,46,55)/t34-/m0/s1. The van der Waals surface area contributed by atoms with Crippen LogP contribution in [0.5, 0.6) is 0 Å². The maximum absolute atomic E-state index is 13.4. The van der Waals surface area contributed by atoms with E-state index in [1.165, 1.54) is 0 Å². The zero-order chi connectivity index (χ0) is 45.3. The van der Waals surface area contributed by atoms with E-state index in [0.717, 1.165) is 0 Å². The number of rotatable bonds is 18. The molecule has 1 aliphatic rings. The minimum atomic E-state index is -0.743. The molecule has 1 N–H and O–H groups in total. The first-order valence-electron chi connectivity index (χ1n) is 21.1. The number of nitrogens with zero attached hydrogens (tertiary/aromatic N) is 4. The minimum absolute atomic E-state index is 0.0398. The van der Waals surface area contributed by atoms with Crippen LogP contribution in [0.3, 0.4) is 0 Å². The second kappa shape index (κ2) is 24.2. The fraction of sp³-hybridized carbons (Fsp3) is 0.750. The molecule has 1 heterocycles. The summed E-state index contributed by atoms with van der Waals surface area (Å²) < 4.78 is 28.1. The Morgan fingerprint density at radius 2 is 1.05 bits per heavy atom. The molecule has 1 aliphatic heterocycles. The van der Waals surface area contributed by atoms with Gasteiger partial charge in [-0.3, -0.25) is 38.8 Å². The molecular weight excluding hydrogens is 794 g/mol. The highest BCUT2D eigenvalue weighted by molar-refractivity contribution is 6.31. The first-order valence-corrected chi connectivity index (χ1v) is 21.5. The summed E-state index contributed by atoms with van der Waals surface area (Å²) in [7, 11) is 0. The van der Waals surface area contributed by atoms with Gasteiger partial charge in [0.05, 0.1) is 26.2 Å². The van der Waals surface area contributed by atoms with Gasteiger partial charge < -0.3 is 29.0 Å². The summed E-state index contributed by atoms with van der Waals surface area (Å²) in [5, 5.41) is 3.32. The molecule has 0 saturated carbocycles. The van der Waals surface area contributed by atoms with Gasteiger partial charge in [0.2, 0.25) is 0 Å². The molecule has 0 spiro atoms. The van der Waals surface area contributed by atoms with Gasteiger partial charge in [-0.25, -0.2) is 4.79 Å². The van der Waals surface area contributed by atoms with Crippen LogP contribution in [0, 0.1) is 0 Å². The summed E-state index contributed by atoms with van der Waals surface area (Å²) in [6.07, 6.45) is 1.23. The molecule has 1 fully saturated rings. The molecule has 1 aromatic rings. The van der Waals surface area contributed by atoms with Gasteiger partial charge >= 0.3 is 30.0 Å². The Hall–Kier alpha value is -3.50. The lowest BCUT2D eigenvalue weighted by atomic mass is 10.1. The summed E-state index contributed by atoms with van der Waals surface area (Å²) in [5.74, 6) is -1.63. The highest BCUT2D eigenvalue weighted by Crippen LogP contribution is 2.18. The molecule has 0 unspecified atom stereocenters. The molecule has 1 amide bonds. The van der Waals surface area contributed by atoms with Crippen molar-refractivity contribution in [3.63, 3.8) is 0 Å². The molecule has 2 rings (SSSR count). The highest BCUT2D eigenvalue weighted by Gasteiger charge is 2.31. The van der Waals surface area contributed by atoms with Gasteiger partial charge in [-0.05, 0) is 102 Å². The molecular formula is C44H74ClN5O10. The third-order valence-electron chi connectivity index (χ3n) is 8.78. The van der Waals surface area contributed by atoms with Crippen LogP contribution in [-0.2, 0) is 49.5 Å². The van der Waals surface area contributed by atoms with E-state index in [1.807, 2.05) is 62.3 Å². The Morgan fingerprint density at radius 3 is 1.48 bits per heavy atom. The average Bonchev–Trinajstić information content (AvgIpc) is 3.14. The fourth-order valence-corrected chi connectivity index (χ4v) is 6.57. The first-order chi connectivity index (χ1) is 27.7. The Kier molecular flexibility index (Phi) is 21.2. The second-order valence-corrected chi connectivity index (χ2v) is 19.8. The third-order valence-corrected chi connectivity index (χ3v) is 9.15. The summed E-state index contributed by atoms with van der Waals surface area (Å²) in [5.41, 5.74) is -2.07. The predicted molar refractivity (Wildman–Crippen MR) is 232 cm³/mol. The molecule has 342 valence electrons. The average molecular weight is 869 g/mol. The van der Waals surface area contributed by atoms with Crippen molar-refractivity contribution in [1.29, 1.82) is 0 Å². The summed E-state index contributed by atoms with van der Waals surface area (Å²) in [4.78, 5) is 73.5. The molecule has 1 aromatic carbocycles. The van der Waals surface area contributed by atoms with Crippen LogP contribution in [0.15, 0.2) is 24.3 Å². The molecule has 0 aliphatic carbocycles. The van der Waals surface area contributed by atoms with Crippen LogP contribution in [0.2, 0.25) is 5.02 Å². The number of esters is 4. The third kappa shape index (κ3) is 24.7. The SMILES string of the molecule is CC(C)(C)OC(=O)CN1CCN(CC(=O)OC(C)(C)C)CCN(C[C@H](CCCCNC(=O)OCc2ccccc2Cl)N(CC(=O)OC(C)(C)C)CC(=O)OC(C)(C)C)CC1. The van der Waals surface area contributed by atoms with Gasteiger partial charge in [0.15, 0.2) is 0 Å². The van der Waals surface area contributed by atoms with E-state index < -0.39 is 40.4 Å². The maximum atomic E-state index is 13.4. The number of carbonyl (C=O) groups excluding carboxylic acids is 5. The van der Waals surface area contributed by atoms with Crippen LogP contribution in [-0.4, -0.2) is 157 Å². The van der Waals surface area contributed by atoms with Crippen LogP contribution >= 0.6 is 11.6 Å². The Bertz CT molecular complexity index is 1460. The molecule has 0 bridgehead atoms. The van der Waals surface area contributed by atoms with Crippen LogP contribution in [0.25, 0.3) is 0 Å². The number of alkyl carbamates (subject to hydrolysis) is 1. The fourth-order valence-electron chi connectivity index (χ4n) is 6.38. The topological polar surface area (TPSA) is 156 Å². The van der Waals surface area contributed by atoms with E-state index in [1.54, 1.807) is 59.7 Å². The highest BCUT2D eigenvalue weighted by atomic mass is 35.5. The largest absolute Gasteiger partial charge is 0.459 e. The van der Waals surface area contributed by atoms with E-state index >= 15 is 0 Å². The van der Waals surface area contributed by atoms with Crippen molar-refractivity contribution in [2.45, 2.75) is 137 Å². The van der Waals surface area contributed by atoms with E-state index in [0.29, 0.717) is 82.2 Å². The molecule has 16 heteroatoms. The number of unbranched alkanes of at least 4 members (excludes halogenated alkanes) is 1. The number of hydrogen-bond acceptors (Lipinski definition) is 14. The first kappa shape index (κ1) is 52.6. The minimum Gasteiger partial charge on any atom is -0.459 e. The summed E-state index contributed by atoms with van der Waals surface area (Å²) >= 11 is 6.21. The smallest absolute Gasteiger partial charge is 0.407 e. The number of carbonyl (C=O) groups is 5. The van der Waals surface area contributed by atoms with Crippen molar-refractivity contribution in [1.82, 2.24) is 24.9 Å². The Balaban J connectivity index is 2.36. The van der Waals surface area contributed by atoms with Crippen LogP contribution in [0.4, 0.5) is 4.79 Å². The van der Waals surface area contributed by atoms with Crippen molar-refractivity contribution in [2.24, 2.45) is 0 Å². The summed E-state index contributed by atoms with van der Waals surface area (Å²) in [6.45, 7) is 25.7. The lowest BCUT2D eigenvalue weighted by molar-refractivity contribution is -0.161. The van der Waals surface area contributed by atoms with E-state index in [2.05, 4.69) is 10.2 Å². The van der Waals surface area contributed by atoms with Crippen molar-refractivity contribution >= 4 is 41.6 Å². The van der Waals surface area contributed by atoms with E-state index in [-0.39, 0.29) is 50.8 Å². The zero-order valence-corrected chi connectivity index (χ0v) is 39.2. The zero-order valence-electron chi connectivity index (χ0n) is 38.4. The van der Waals surface area contributed by atoms with Crippen molar-refractivity contribution in [3.8, 4) is 0 Å².